The molecule has 1 aromatic carbocycles. The lowest BCUT2D eigenvalue weighted by molar-refractivity contribution is 0.315. The Labute approximate surface area is 91.6 Å². The third-order valence-electron chi connectivity index (χ3n) is 3.08. The van der Waals surface area contributed by atoms with Gasteiger partial charge in [0.05, 0.1) is 6.61 Å². The van der Waals surface area contributed by atoms with Crippen LogP contribution < -0.4 is 10.1 Å². The average Bonchev–Trinajstić information content (AvgIpc) is 2.39. The molecule has 0 spiro atoms. The van der Waals surface area contributed by atoms with Gasteiger partial charge in [-0.1, -0.05) is 6.07 Å². The van der Waals surface area contributed by atoms with Gasteiger partial charge in [-0.3, -0.25) is 0 Å². The van der Waals surface area contributed by atoms with Gasteiger partial charge >= 0.3 is 0 Å². The summed E-state index contributed by atoms with van der Waals surface area (Å²) in [7, 11) is 2.03. The van der Waals surface area contributed by atoms with Crippen LogP contribution in [0.2, 0.25) is 0 Å². The van der Waals surface area contributed by atoms with Gasteiger partial charge in [-0.15, -0.1) is 0 Å². The van der Waals surface area contributed by atoms with Crippen molar-refractivity contribution >= 4 is 0 Å². The zero-order valence-electron chi connectivity index (χ0n) is 9.76. The lowest BCUT2D eigenvalue weighted by Gasteiger charge is -2.18. The highest BCUT2D eigenvalue weighted by molar-refractivity contribution is 5.45. The lowest BCUT2D eigenvalue weighted by atomic mass is 9.96. The van der Waals surface area contributed by atoms with Crippen LogP contribution in [0.25, 0.3) is 0 Å². The first kappa shape index (κ1) is 10.5. The molecule has 1 aromatic rings. The van der Waals surface area contributed by atoms with E-state index >= 15 is 0 Å². The fourth-order valence-corrected chi connectivity index (χ4v) is 2.41. The van der Waals surface area contributed by atoms with Crippen molar-refractivity contribution in [1.82, 2.24) is 5.32 Å². The molecule has 1 N–H and O–H groups in total. The fourth-order valence-electron chi connectivity index (χ4n) is 2.41. The van der Waals surface area contributed by atoms with Gasteiger partial charge in [-0.05, 0) is 50.9 Å². The van der Waals surface area contributed by atoms with Gasteiger partial charge < -0.3 is 10.1 Å². The van der Waals surface area contributed by atoms with Crippen molar-refractivity contribution in [3.63, 3.8) is 0 Å². The molecule has 1 unspecified atom stereocenters. The highest BCUT2D eigenvalue weighted by Gasteiger charge is 2.20. The summed E-state index contributed by atoms with van der Waals surface area (Å²) in [4.78, 5) is 0. The summed E-state index contributed by atoms with van der Waals surface area (Å²) in [5, 5.41) is 3.38. The molecule has 0 saturated carbocycles. The number of fused-ring (bicyclic) bond motifs is 1. The van der Waals surface area contributed by atoms with Gasteiger partial charge in [-0.25, -0.2) is 0 Å². The molecule has 1 aliphatic rings. The van der Waals surface area contributed by atoms with E-state index in [4.69, 9.17) is 4.74 Å². The third-order valence-corrected chi connectivity index (χ3v) is 3.08. The zero-order valence-corrected chi connectivity index (χ0v) is 9.76. The molecule has 2 heteroatoms. The second-order valence-corrected chi connectivity index (χ2v) is 4.33. The fraction of sp³-hybridized carbons (Fsp3) is 0.538. The summed E-state index contributed by atoms with van der Waals surface area (Å²) in [5.74, 6) is 1.07. The molecule has 1 heterocycles. The first-order chi connectivity index (χ1) is 7.22. The largest absolute Gasteiger partial charge is 0.493 e. The lowest BCUT2D eigenvalue weighted by Crippen LogP contribution is -2.16. The van der Waals surface area contributed by atoms with Gasteiger partial charge in [0.1, 0.15) is 5.75 Å². The minimum atomic E-state index is 0.447. The Bertz CT molecular complexity index is 360. The highest BCUT2D eigenvalue weighted by atomic mass is 16.5. The van der Waals surface area contributed by atoms with Crippen molar-refractivity contribution < 1.29 is 4.74 Å². The SMILES string of the molecule is CNC1CCCOc2cc(C)cc(C)c21. The molecule has 82 valence electrons. The van der Waals surface area contributed by atoms with Gasteiger partial charge in [-0.2, -0.15) is 0 Å². The second kappa shape index (κ2) is 4.23. The standard InChI is InChI=1S/C13H19NO/c1-9-7-10(2)13-11(14-3)5-4-6-15-12(13)8-9/h7-8,11,14H,4-6H2,1-3H3. The monoisotopic (exact) mass is 205 g/mol. The Balaban J connectivity index is 2.50. The Kier molecular flexibility index (Phi) is 2.96. The Morgan fingerprint density at radius 2 is 2.13 bits per heavy atom. The summed E-state index contributed by atoms with van der Waals surface area (Å²) in [5.41, 5.74) is 3.97. The Morgan fingerprint density at radius 3 is 2.87 bits per heavy atom. The Hall–Kier alpha value is -1.02. The number of benzene rings is 1. The minimum Gasteiger partial charge on any atom is -0.493 e. The van der Waals surface area contributed by atoms with Crippen molar-refractivity contribution in [3.05, 3.63) is 28.8 Å². The number of hydrogen-bond acceptors (Lipinski definition) is 2. The quantitative estimate of drug-likeness (QED) is 0.761. The molecule has 0 bridgehead atoms. The van der Waals surface area contributed by atoms with E-state index in [-0.39, 0.29) is 0 Å². The first-order valence-electron chi connectivity index (χ1n) is 5.63. The van der Waals surface area contributed by atoms with Gasteiger partial charge in [0, 0.05) is 11.6 Å². The molecule has 2 rings (SSSR count). The topological polar surface area (TPSA) is 21.3 Å². The van der Waals surface area contributed by atoms with E-state index in [9.17, 15) is 0 Å². The molecule has 0 amide bonds. The molecule has 0 aromatic heterocycles. The molecular formula is C13H19NO. The third kappa shape index (κ3) is 2.00. The van der Waals surface area contributed by atoms with Crippen LogP contribution in [0.3, 0.4) is 0 Å². The minimum absolute atomic E-state index is 0.447. The number of hydrogen-bond donors (Lipinski definition) is 1. The molecule has 2 nitrogen and oxygen atoms in total. The summed E-state index contributed by atoms with van der Waals surface area (Å²) in [6, 6.07) is 4.83. The van der Waals surface area contributed by atoms with E-state index in [0.29, 0.717) is 6.04 Å². The van der Waals surface area contributed by atoms with Crippen LogP contribution in [0.1, 0.15) is 35.6 Å². The van der Waals surface area contributed by atoms with Crippen LogP contribution in [-0.2, 0) is 0 Å². The molecule has 15 heavy (non-hydrogen) atoms. The maximum Gasteiger partial charge on any atom is 0.124 e. The van der Waals surface area contributed by atoms with E-state index in [2.05, 4.69) is 31.3 Å². The maximum absolute atomic E-state index is 5.80. The molecule has 0 radical (unpaired) electrons. The number of aryl methyl sites for hydroxylation is 2. The smallest absolute Gasteiger partial charge is 0.124 e. The van der Waals surface area contributed by atoms with Crippen LogP contribution in [0.5, 0.6) is 5.75 Å². The van der Waals surface area contributed by atoms with E-state index in [1.807, 2.05) is 7.05 Å². The molecule has 0 aliphatic carbocycles. The summed E-state index contributed by atoms with van der Waals surface area (Å²) >= 11 is 0. The van der Waals surface area contributed by atoms with E-state index < -0.39 is 0 Å². The summed E-state index contributed by atoms with van der Waals surface area (Å²) in [6.45, 7) is 5.13. The zero-order chi connectivity index (χ0) is 10.8. The van der Waals surface area contributed by atoms with Crippen molar-refractivity contribution in [2.45, 2.75) is 32.7 Å². The van der Waals surface area contributed by atoms with E-state index in [1.165, 1.54) is 16.7 Å². The number of ether oxygens (including phenoxy) is 1. The van der Waals surface area contributed by atoms with Crippen molar-refractivity contribution in [2.24, 2.45) is 0 Å². The summed E-state index contributed by atoms with van der Waals surface area (Å²) in [6.07, 6.45) is 2.28. The van der Waals surface area contributed by atoms with Crippen LogP contribution in [0, 0.1) is 13.8 Å². The van der Waals surface area contributed by atoms with Gasteiger partial charge in [0.2, 0.25) is 0 Å². The molecule has 0 fully saturated rings. The predicted molar refractivity (Wildman–Crippen MR) is 62.4 cm³/mol. The van der Waals surface area contributed by atoms with Crippen molar-refractivity contribution in [2.75, 3.05) is 13.7 Å². The Morgan fingerprint density at radius 1 is 1.33 bits per heavy atom. The number of rotatable bonds is 1. The normalized spacial score (nSPS) is 20.3. The molecule has 1 aliphatic heterocycles. The van der Waals surface area contributed by atoms with E-state index in [1.54, 1.807) is 0 Å². The molecule has 1 atom stereocenters. The van der Waals surface area contributed by atoms with Crippen LogP contribution in [0.4, 0.5) is 0 Å². The molecular weight excluding hydrogens is 186 g/mol. The predicted octanol–water partition coefficient (Wildman–Crippen LogP) is 2.74. The second-order valence-electron chi connectivity index (χ2n) is 4.33. The van der Waals surface area contributed by atoms with Crippen molar-refractivity contribution in [1.29, 1.82) is 0 Å². The summed E-state index contributed by atoms with van der Waals surface area (Å²) < 4.78 is 5.80. The van der Waals surface area contributed by atoms with Gasteiger partial charge in [0.15, 0.2) is 0 Å². The number of nitrogens with one attached hydrogen (secondary N) is 1. The van der Waals surface area contributed by atoms with Crippen LogP contribution in [0.15, 0.2) is 12.1 Å². The average molecular weight is 205 g/mol. The van der Waals surface area contributed by atoms with E-state index in [0.717, 1.165) is 25.2 Å². The van der Waals surface area contributed by atoms with Crippen LogP contribution in [-0.4, -0.2) is 13.7 Å². The maximum atomic E-state index is 5.80. The first-order valence-corrected chi connectivity index (χ1v) is 5.63. The van der Waals surface area contributed by atoms with Gasteiger partial charge in [0.25, 0.3) is 0 Å². The van der Waals surface area contributed by atoms with Crippen LogP contribution >= 0.6 is 0 Å². The molecule has 0 saturated heterocycles. The highest BCUT2D eigenvalue weighted by Crippen LogP contribution is 2.34. The van der Waals surface area contributed by atoms with Crippen molar-refractivity contribution in [3.8, 4) is 5.75 Å².